The molecule has 0 aliphatic carbocycles. The van der Waals surface area contributed by atoms with Crippen LogP contribution < -0.4 is 9.47 Å². The molecule has 7 nitrogen and oxygen atoms in total. The molecule has 1 aromatic heterocycles. The van der Waals surface area contributed by atoms with Crippen LogP contribution in [0.25, 0.3) is 22.7 Å². The number of hydrogen-bond acceptors (Lipinski definition) is 5. The van der Waals surface area contributed by atoms with Crippen molar-refractivity contribution in [2.45, 2.75) is 6.61 Å². The highest BCUT2D eigenvalue weighted by Crippen LogP contribution is 2.30. The summed E-state index contributed by atoms with van der Waals surface area (Å²) in [6.45, 7) is 0.158. The Morgan fingerprint density at radius 1 is 1.18 bits per heavy atom. The number of H-pyrrole nitrogens is 1. The summed E-state index contributed by atoms with van der Waals surface area (Å²) in [5.74, 6) is -0.158. The Morgan fingerprint density at radius 3 is 2.79 bits per heavy atom. The van der Waals surface area contributed by atoms with E-state index in [1.54, 1.807) is 48.5 Å². The molecule has 0 bridgehead atoms. The highest BCUT2D eigenvalue weighted by Gasteiger charge is 2.11. The van der Waals surface area contributed by atoms with Crippen LogP contribution in [0.5, 0.6) is 11.5 Å². The summed E-state index contributed by atoms with van der Waals surface area (Å²) in [5, 5.41) is 18.7. The minimum absolute atomic E-state index is 0.158. The van der Waals surface area contributed by atoms with Crippen LogP contribution in [-0.2, 0) is 6.61 Å². The van der Waals surface area contributed by atoms with E-state index in [0.717, 1.165) is 0 Å². The number of aromatic nitrogens is 2. The molecule has 0 spiro atoms. The Kier molecular flexibility index (Phi) is 6.04. The zero-order chi connectivity index (χ0) is 23.4. The van der Waals surface area contributed by atoms with E-state index in [1.807, 2.05) is 0 Å². The van der Waals surface area contributed by atoms with Gasteiger partial charge in [0.05, 0.1) is 29.3 Å². The maximum atomic E-state index is 13.4. The van der Waals surface area contributed by atoms with Crippen LogP contribution in [0.15, 0.2) is 60.7 Å². The van der Waals surface area contributed by atoms with Crippen LogP contribution in [-0.4, -0.2) is 28.2 Å². The highest BCUT2D eigenvalue weighted by atomic mass is 19.1. The minimum Gasteiger partial charge on any atom is -0.493 e. The van der Waals surface area contributed by atoms with Gasteiger partial charge in [-0.05, 0) is 59.7 Å². The van der Waals surface area contributed by atoms with E-state index in [-0.39, 0.29) is 17.7 Å². The predicted octanol–water partition coefficient (Wildman–Crippen LogP) is 5.05. The van der Waals surface area contributed by atoms with Crippen molar-refractivity contribution in [1.82, 2.24) is 9.97 Å². The zero-order valence-electron chi connectivity index (χ0n) is 17.5. The Balaban J connectivity index is 1.57. The van der Waals surface area contributed by atoms with Gasteiger partial charge < -0.3 is 19.6 Å². The van der Waals surface area contributed by atoms with Crippen LogP contribution in [0.4, 0.5) is 4.39 Å². The number of nitrogens with one attached hydrogen (secondary N) is 1. The molecule has 3 aromatic carbocycles. The van der Waals surface area contributed by atoms with Gasteiger partial charge >= 0.3 is 5.97 Å². The molecule has 0 radical (unpaired) electrons. The molecule has 0 aliphatic rings. The fraction of sp³-hybridized carbons (Fsp3) is 0.0800. The van der Waals surface area contributed by atoms with Gasteiger partial charge in [0.25, 0.3) is 0 Å². The normalized spacial score (nSPS) is 11.2. The second-order valence-electron chi connectivity index (χ2n) is 7.12. The summed E-state index contributed by atoms with van der Waals surface area (Å²) in [7, 11) is 1.50. The van der Waals surface area contributed by atoms with E-state index in [2.05, 4.69) is 16.0 Å². The van der Waals surface area contributed by atoms with Gasteiger partial charge in [0.1, 0.15) is 24.3 Å². The lowest BCUT2D eigenvalue weighted by Gasteiger charge is -2.12. The Labute approximate surface area is 188 Å². The van der Waals surface area contributed by atoms with Crippen molar-refractivity contribution in [2.75, 3.05) is 7.11 Å². The van der Waals surface area contributed by atoms with Gasteiger partial charge in [0.2, 0.25) is 0 Å². The van der Waals surface area contributed by atoms with Crippen LogP contribution in [0.1, 0.15) is 27.3 Å². The second kappa shape index (κ2) is 9.24. The lowest BCUT2D eigenvalue weighted by Crippen LogP contribution is -2.01. The maximum absolute atomic E-state index is 13.4. The SMILES string of the molecule is COc1cc(/C=C(/C#N)c2nc3ccc(F)cc3[nH]2)ccc1OCc1cccc(C(=O)O)c1. The number of fused-ring (bicyclic) bond motifs is 1. The van der Waals surface area contributed by atoms with Gasteiger partial charge in [-0.3, -0.25) is 0 Å². The van der Waals surface area contributed by atoms with Gasteiger partial charge in [0.15, 0.2) is 11.5 Å². The molecule has 4 aromatic rings. The summed E-state index contributed by atoms with van der Waals surface area (Å²) in [4.78, 5) is 18.4. The monoisotopic (exact) mass is 443 g/mol. The molecule has 4 rings (SSSR count). The van der Waals surface area contributed by atoms with Crippen molar-refractivity contribution < 1.29 is 23.8 Å². The van der Waals surface area contributed by atoms with Crippen LogP contribution in [0, 0.1) is 17.1 Å². The minimum atomic E-state index is -1.01. The van der Waals surface area contributed by atoms with Crippen molar-refractivity contribution >= 4 is 28.7 Å². The Hall–Kier alpha value is -4.64. The van der Waals surface area contributed by atoms with E-state index >= 15 is 0 Å². The maximum Gasteiger partial charge on any atom is 0.335 e. The molecular weight excluding hydrogens is 425 g/mol. The fourth-order valence-electron chi connectivity index (χ4n) is 3.28. The molecule has 0 saturated heterocycles. The first-order valence-corrected chi connectivity index (χ1v) is 9.87. The number of benzene rings is 3. The second-order valence-corrected chi connectivity index (χ2v) is 7.12. The number of ether oxygens (including phenoxy) is 2. The van der Waals surface area contributed by atoms with Crippen molar-refractivity contribution in [2.24, 2.45) is 0 Å². The molecule has 164 valence electrons. The molecular formula is C25H18FN3O4. The topological polar surface area (TPSA) is 108 Å². The summed E-state index contributed by atoms with van der Waals surface area (Å²) in [5.41, 5.74) is 2.89. The number of nitriles is 1. The van der Waals surface area contributed by atoms with Gasteiger partial charge in [-0.2, -0.15) is 5.26 Å². The Bertz CT molecular complexity index is 1420. The van der Waals surface area contributed by atoms with Crippen molar-refractivity contribution in [3.05, 3.63) is 89.0 Å². The van der Waals surface area contributed by atoms with E-state index in [1.165, 1.54) is 25.3 Å². The number of aromatic amines is 1. The average molecular weight is 443 g/mol. The third-order valence-corrected chi connectivity index (χ3v) is 4.89. The third kappa shape index (κ3) is 4.83. The van der Waals surface area contributed by atoms with Gasteiger partial charge in [-0.15, -0.1) is 0 Å². The zero-order valence-corrected chi connectivity index (χ0v) is 17.5. The fourth-order valence-corrected chi connectivity index (χ4v) is 3.28. The molecule has 0 unspecified atom stereocenters. The van der Waals surface area contributed by atoms with Crippen LogP contribution in [0.3, 0.4) is 0 Å². The summed E-state index contributed by atoms with van der Waals surface area (Å²) in [6, 6.07) is 17.9. The number of methoxy groups -OCH3 is 1. The first-order valence-electron chi connectivity index (χ1n) is 9.87. The van der Waals surface area contributed by atoms with Crippen LogP contribution >= 0.6 is 0 Å². The first kappa shape index (κ1) is 21.6. The molecule has 0 fully saturated rings. The molecule has 0 aliphatic heterocycles. The highest BCUT2D eigenvalue weighted by molar-refractivity contribution is 5.90. The summed E-state index contributed by atoms with van der Waals surface area (Å²) >= 11 is 0. The molecule has 33 heavy (non-hydrogen) atoms. The number of aromatic carboxylic acids is 1. The molecule has 1 heterocycles. The molecule has 0 amide bonds. The molecule has 0 atom stereocenters. The predicted molar refractivity (Wildman–Crippen MR) is 120 cm³/mol. The van der Waals surface area contributed by atoms with Gasteiger partial charge in [0, 0.05) is 0 Å². The van der Waals surface area contributed by atoms with E-state index < -0.39 is 11.8 Å². The number of halogens is 1. The van der Waals surface area contributed by atoms with Crippen LogP contribution in [0.2, 0.25) is 0 Å². The van der Waals surface area contributed by atoms with E-state index in [9.17, 15) is 14.4 Å². The molecule has 8 heteroatoms. The average Bonchev–Trinajstić information content (AvgIpc) is 3.24. The number of rotatable bonds is 7. The summed E-state index contributed by atoms with van der Waals surface area (Å²) < 4.78 is 24.7. The number of carbonyl (C=O) groups is 1. The van der Waals surface area contributed by atoms with E-state index in [4.69, 9.17) is 14.6 Å². The quantitative estimate of drug-likeness (QED) is 0.387. The molecule has 2 N–H and O–H groups in total. The number of nitrogens with zero attached hydrogens (tertiary/aromatic N) is 2. The largest absolute Gasteiger partial charge is 0.493 e. The number of imidazole rings is 1. The van der Waals surface area contributed by atoms with Crippen molar-refractivity contribution in [3.63, 3.8) is 0 Å². The van der Waals surface area contributed by atoms with Gasteiger partial charge in [-0.25, -0.2) is 14.2 Å². The molecule has 0 saturated carbocycles. The Morgan fingerprint density at radius 2 is 2.03 bits per heavy atom. The number of carboxylic acid groups (broad SMARTS) is 1. The lowest BCUT2D eigenvalue weighted by molar-refractivity contribution is 0.0696. The van der Waals surface area contributed by atoms with Gasteiger partial charge in [-0.1, -0.05) is 18.2 Å². The number of hydrogen-bond donors (Lipinski definition) is 2. The third-order valence-electron chi connectivity index (χ3n) is 4.89. The standard InChI is InChI=1S/C25H18FN3O4/c1-32-23-11-15(5-8-22(23)33-14-16-3-2-4-17(10-16)25(30)31)9-18(13-27)24-28-20-7-6-19(26)12-21(20)29-24/h2-12H,14H2,1H3,(H,28,29)(H,30,31)/b18-9-. The first-order chi connectivity index (χ1) is 16.0. The number of allylic oxidation sites excluding steroid dienone is 1. The smallest absolute Gasteiger partial charge is 0.335 e. The van der Waals surface area contributed by atoms with Crippen molar-refractivity contribution in [1.29, 1.82) is 5.26 Å². The summed E-state index contributed by atoms with van der Waals surface area (Å²) in [6.07, 6.45) is 1.64. The number of carboxylic acids is 1. The van der Waals surface area contributed by atoms with Crippen molar-refractivity contribution in [3.8, 4) is 17.6 Å². The van der Waals surface area contributed by atoms with E-state index in [0.29, 0.717) is 39.5 Å². The lowest BCUT2D eigenvalue weighted by atomic mass is 10.1.